The van der Waals surface area contributed by atoms with E-state index >= 15 is 0 Å². The lowest BCUT2D eigenvalue weighted by Crippen LogP contribution is -2.13. The molecule has 0 saturated heterocycles. The van der Waals surface area contributed by atoms with Gasteiger partial charge in [-0.2, -0.15) is 0 Å². The first-order chi connectivity index (χ1) is 12.7. The van der Waals surface area contributed by atoms with E-state index in [9.17, 15) is 0 Å². The summed E-state index contributed by atoms with van der Waals surface area (Å²) in [6.45, 7) is 0.578. The normalized spacial score (nSPS) is 13.2. The molecule has 0 aliphatic rings. The fraction of sp³-hybridized carbons (Fsp3) is 0.182. The molecule has 2 atom stereocenters. The minimum atomic E-state index is 0.0666. The Labute approximate surface area is 178 Å². The Balaban J connectivity index is 1.55. The minimum Gasteiger partial charge on any atom is -0.489 e. The molecule has 3 aromatic carbocycles. The van der Waals surface area contributed by atoms with Gasteiger partial charge in [0, 0.05) is 4.90 Å². The molecular weight excluding hydrogens is 475 g/mol. The molecule has 3 aromatic rings. The number of thioether (sulfide) groups is 1. The SMILES string of the molecule is ClC(Cc1ccccc1)C(I)Sc1cccc(OCc2ccccc2)c1. The highest BCUT2D eigenvalue weighted by Crippen LogP contribution is 2.35. The van der Waals surface area contributed by atoms with E-state index in [1.165, 1.54) is 16.0 Å². The smallest absolute Gasteiger partial charge is 0.120 e. The predicted octanol–water partition coefficient (Wildman–Crippen LogP) is 6.97. The van der Waals surface area contributed by atoms with E-state index in [-0.39, 0.29) is 8.63 Å². The summed E-state index contributed by atoms with van der Waals surface area (Å²) in [6, 6.07) is 28.8. The molecule has 0 aliphatic carbocycles. The first kappa shape index (κ1) is 19.6. The van der Waals surface area contributed by atoms with Crippen molar-refractivity contribution in [2.24, 2.45) is 0 Å². The van der Waals surface area contributed by atoms with Crippen LogP contribution in [0.15, 0.2) is 89.8 Å². The molecule has 0 amide bonds. The minimum absolute atomic E-state index is 0.0666. The third-order valence-corrected chi connectivity index (χ3v) is 7.55. The standard InChI is InChI=1S/C22H20ClIOS/c23-21(14-17-8-3-1-4-9-17)22(24)26-20-13-7-12-19(15-20)25-16-18-10-5-2-6-11-18/h1-13,15,21-22H,14,16H2. The van der Waals surface area contributed by atoms with Crippen LogP contribution < -0.4 is 4.74 Å². The quantitative estimate of drug-likeness (QED) is 0.190. The molecule has 0 radical (unpaired) electrons. The Morgan fingerprint density at radius 2 is 1.50 bits per heavy atom. The zero-order valence-electron chi connectivity index (χ0n) is 14.2. The average Bonchev–Trinajstić information content (AvgIpc) is 2.68. The topological polar surface area (TPSA) is 9.23 Å². The van der Waals surface area contributed by atoms with Crippen LogP contribution in [-0.4, -0.2) is 8.63 Å². The lowest BCUT2D eigenvalue weighted by Gasteiger charge is -2.17. The third-order valence-electron chi connectivity index (χ3n) is 3.86. The zero-order chi connectivity index (χ0) is 18.2. The lowest BCUT2D eigenvalue weighted by atomic mass is 10.1. The maximum atomic E-state index is 6.64. The Morgan fingerprint density at radius 3 is 2.19 bits per heavy atom. The van der Waals surface area contributed by atoms with Gasteiger partial charge in [-0.25, -0.2) is 0 Å². The van der Waals surface area contributed by atoms with Gasteiger partial charge in [-0.15, -0.1) is 23.4 Å². The molecule has 4 heteroatoms. The van der Waals surface area contributed by atoms with Crippen LogP contribution in [0.5, 0.6) is 5.75 Å². The van der Waals surface area contributed by atoms with Crippen LogP contribution in [0.2, 0.25) is 0 Å². The van der Waals surface area contributed by atoms with Crippen LogP contribution in [-0.2, 0) is 13.0 Å². The highest BCUT2D eigenvalue weighted by Gasteiger charge is 2.18. The van der Waals surface area contributed by atoms with Crippen molar-refractivity contribution in [1.82, 2.24) is 0 Å². The maximum Gasteiger partial charge on any atom is 0.120 e. The number of alkyl halides is 2. The molecule has 1 nitrogen and oxygen atoms in total. The first-order valence-electron chi connectivity index (χ1n) is 8.46. The van der Waals surface area contributed by atoms with Crippen LogP contribution in [0, 0.1) is 0 Å². The van der Waals surface area contributed by atoms with Crippen molar-refractivity contribution in [3.05, 3.63) is 96.1 Å². The van der Waals surface area contributed by atoms with E-state index in [0.29, 0.717) is 6.61 Å². The van der Waals surface area contributed by atoms with Gasteiger partial charge in [-0.05, 0) is 35.7 Å². The van der Waals surface area contributed by atoms with Gasteiger partial charge in [0.1, 0.15) is 12.4 Å². The molecule has 0 heterocycles. The summed E-state index contributed by atoms with van der Waals surface area (Å²) in [5.74, 6) is 0.886. The van der Waals surface area contributed by atoms with Crippen molar-refractivity contribution in [3.63, 3.8) is 0 Å². The summed E-state index contributed by atoms with van der Waals surface area (Å²) in [5, 5.41) is 0.0666. The summed E-state index contributed by atoms with van der Waals surface area (Å²) >= 11 is 10.8. The third kappa shape index (κ3) is 6.22. The fourth-order valence-electron chi connectivity index (χ4n) is 2.51. The predicted molar refractivity (Wildman–Crippen MR) is 121 cm³/mol. The second kappa shape index (κ2) is 10.2. The van der Waals surface area contributed by atoms with Gasteiger partial charge in [-0.3, -0.25) is 0 Å². The summed E-state index contributed by atoms with van der Waals surface area (Å²) in [5.41, 5.74) is 2.44. The van der Waals surface area contributed by atoms with Crippen molar-refractivity contribution in [2.45, 2.75) is 26.6 Å². The van der Waals surface area contributed by atoms with Gasteiger partial charge in [0.05, 0.1) is 8.63 Å². The number of ether oxygens (including phenoxy) is 1. The van der Waals surface area contributed by atoms with Crippen LogP contribution in [0.4, 0.5) is 0 Å². The molecule has 0 aromatic heterocycles. The first-order valence-corrected chi connectivity index (χ1v) is 11.0. The van der Waals surface area contributed by atoms with E-state index in [1.807, 2.05) is 36.4 Å². The number of hydrogen-bond donors (Lipinski definition) is 0. The molecule has 134 valence electrons. The van der Waals surface area contributed by atoms with E-state index in [1.54, 1.807) is 11.8 Å². The average molecular weight is 495 g/mol. The zero-order valence-corrected chi connectivity index (χ0v) is 18.0. The van der Waals surface area contributed by atoms with E-state index in [4.69, 9.17) is 16.3 Å². The molecular formula is C22H20ClIOS. The molecule has 0 aliphatic heterocycles. The number of halogens is 2. The highest BCUT2D eigenvalue weighted by molar-refractivity contribution is 14.1. The Bertz CT molecular complexity index is 798. The van der Waals surface area contributed by atoms with Gasteiger partial charge >= 0.3 is 0 Å². The van der Waals surface area contributed by atoms with E-state index < -0.39 is 0 Å². The van der Waals surface area contributed by atoms with Crippen molar-refractivity contribution in [2.75, 3.05) is 0 Å². The van der Waals surface area contributed by atoms with Gasteiger partial charge in [0.15, 0.2) is 0 Å². The molecule has 26 heavy (non-hydrogen) atoms. The summed E-state index contributed by atoms with van der Waals surface area (Å²) in [6.07, 6.45) is 0.868. The second-order valence-electron chi connectivity index (χ2n) is 5.92. The summed E-state index contributed by atoms with van der Waals surface area (Å²) in [7, 11) is 0. The van der Waals surface area contributed by atoms with Crippen molar-refractivity contribution >= 4 is 46.0 Å². The van der Waals surface area contributed by atoms with Crippen LogP contribution >= 0.6 is 46.0 Å². The number of rotatable bonds is 8. The van der Waals surface area contributed by atoms with Crippen LogP contribution in [0.3, 0.4) is 0 Å². The van der Waals surface area contributed by atoms with E-state index in [2.05, 4.69) is 71.1 Å². The molecule has 0 N–H and O–H groups in total. The van der Waals surface area contributed by atoms with Crippen LogP contribution in [0.25, 0.3) is 0 Å². The molecule has 0 spiro atoms. The van der Waals surface area contributed by atoms with E-state index in [0.717, 1.165) is 12.2 Å². The van der Waals surface area contributed by atoms with Gasteiger partial charge in [0.2, 0.25) is 0 Å². The Kier molecular flexibility index (Phi) is 7.71. The second-order valence-corrected chi connectivity index (χ2v) is 9.89. The van der Waals surface area contributed by atoms with Gasteiger partial charge in [0.25, 0.3) is 0 Å². The maximum absolute atomic E-state index is 6.64. The molecule has 0 bridgehead atoms. The molecule has 3 rings (SSSR count). The monoisotopic (exact) mass is 494 g/mol. The highest BCUT2D eigenvalue weighted by atomic mass is 127. The number of hydrogen-bond acceptors (Lipinski definition) is 2. The lowest BCUT2D eigenvalue weighted by molar-refractivity contribution is 0.305. The van der Waals surface area contributed by atoms with Crippen molar-refractivity contribution in [1.29, 1.82) is 0 Å². The van der Waals surface area contributed by atoms with Gasteiger partial charge in [-0.1, -0.05) is 89.3 Å². The summed E-state index contributed by atoms with van der Waals surface area (Å²) in [4.78, 5) is 1.17. The van der Waals surface area contributed by atoms with Crippen molar-refractivity contribution in [3.8, 4) is 5.75 Å². The fourth-order valence-corrected chi connectivity index (χ4v) is 4.83. The molecule has 2 unspecified atom stereocenters. The van der Waals surface area contributed by atoms with Crippen molar-refractivity contribution < 1.29 is 4.74 Å². The Morgan fingerprint density at radius 1 is 0.846 bits per heavy atom. The van der Waals surface area contributed by atoms with Crippen LogP contribution in [0.1, 0.15) is 11.1 Å². The Hall–Kier alpha value is -1.17. The largest absolute Gasteiger partial charge is 0.489 e. The molecule has 0 fully saturated rings. The molecule has 0 saturated carbocycles. The summed E-state index contributed by atoms with van der Waals surface area (Å²) < 4.78 is 6.20. The van der Waals surface area contributed by atoms with Gasteiger partial charge < -0.3 is 4.74 Å². The number of benzene rings is 3.